The predicted molar refractivity (Wildman–Crippen MR) is 85.8 cm³/mol. The minimum absolute atomic E-state index is 0. The molecule has 2 N–H and O–H groups in total. The molecule has 0 unspecified atom stereocenters. The predicted octanol–water partition coefficient (Wildman–Crippen LogP) is 1.52. The minimum atomic E-state index is -3.92. The van der Waals surface area contributed by atoms with Crippen molar-refractivity contribution in [1.82, 2.24) is 10.0 Å². The van der Waals surface area contributed by atoms with E-state index in [-0.39, 0.29) is 23.8 Å². The summed E-state index contributed by atoms with van der Waals surface area (Å²) in [6.45, 7) is 3.24. The summed E-state index contributed by atoms with van der Waals surface area (Å²) < 4.78 is 27.2. The molecule has 0 aliphatic carbocycles. The van der Waals surface area contributed by atoms with Gasteiger partial charge in [-0.1, -0.05) is 23.8 Å². The van der Waals surface area contributed by atoms with Crippen LogP contribution < -0.4 is 10.0 Å². The van der Waals surface area contributed by atoms with Crippen molar-refractivity contribution >= 4 is 28.1 Å². The van der Waals surface area contributed by atoms with E-state index in [2.05, 4.69) is 10.0 Å². The van der Waals surface area contributed by atoms with Gasteiger partial charge in [0.05, 0.1) is 4.92 Å². The highest BCUT2D eigenvalue weighted by Gasteiger charge is 2.27. The lowest BCUT2D eigenvalue weighted by molar-refractivity contribution is -0.387. The highest BCUT2D eigenvalue weighted by atomic mass is 35.5. The SMILES string of the molecule is Cc1cccc([N+](=O)[O-])c1S(=O)(=O)NCC1=CCNCC1.Cl. The Morgan fingerprint density at radius 1 is 1.41 bits per heavy atom. The maximum Gasteiger partial charge on any atom is 0.289 e. The van der Waals surface area contributed by atoms with Gasteiger partial charge in [0.25, 0.3) is 5.69 Å². The van der Waals surface area contributed by atoms with Gasteiger partial charge in [-0.05, 0) is 25.5 Å². The number of hydrogen-bond donors (Lipinski definition) is 2. The summed E-state index contributed by atoms with van der Waals surface area (Å²) in [6.07, 6.45) is 2.69. The van der Waals surface area contributed by atoms with Gasteiger partial charge < -0.3 is 5.32 Å². The molecule has 0 amide bonds. The Hall–Kier alpha value is -1.48. The number of rotatable bonds is 5. The summed E-state index contributed by atoms with van der Waals surface area (Å²) in [5.41, 5.74) is 0.936. The molecular weight excluding hydrogens is 330 g/mol. The zero-order valence-corrected chi connectivity index (χ0v) is 13.7. The van der Waals surface area contributed by atoms with E-state index in [9.17, 15) is 18.5 Å². The van der Waals surface area contributed by atoms with Crippen LogP contribution in [0, 0.1) is 17.0 Å². The quantitative estimate of drug-likeness (QED) is 0.477. The third kappa shape index (κ3) is 4.26. The number of benzene rings is 1. The highest BCUT2D eigenvalue weighted by molar-refractivity contribution is 7.89. The van der Waals surface area contributed by atoms with E-state index >= 15 is 0 Å². The van der Waals surface area contributed by atoms with Crippen LogP contribution in [0.25, 0.3) is 0 Å². The zero-order valence-electron chi connectivity index (χ0n) is 12.0. The van der Waals surface area contributed by atoms with Gasteiger partial charge >= 0.3 is 0 Å². The molecule has 122 valence electrons. The van der Waals surface area contributed by atoms with E-state index in [1.54, 1.807) is 13.0 Å². The van der Waals surface area contributed by atoms with Crippen LogP contribution in [-0.2, 0) is 10.0 Å². The van der Waals surface area contributed by atoms with Crippen LogP contribution >= 0.6 is 12.4 Å². The number of nitrogens with zero attached hydrogens (tertiary/aromatic N) is 1. The van der Waals surface area contributed by atoms with E-state index in [0.29, 0.717) is 12.1 Å². The van der Waals surface area contributed by atoms with Gasteiger partial charge in [-0.25, -0.2) is 13.1 Å². The number of nitrogens with one attached hydrogen (secondary N) is 2. The summed E-state index contributed by atoms with van der Waals surface area (Å²) in [4.78, 5) is 10.1. The molecule has 7 nitrogen and oxygen atoms in total. The molecule has 1 heterocycles. The number of nitro groups is 1. The Balaban J connectivity index is 0.00000242. The van der Waals surface area contributed by atoms with Crippen molar-refractivity contribution in [3.63, 3.8) is 0 Å². The molecule has 0 radical (unpaired) electrons. The van der Waals surface area contributed by atoms with Crippen molar-refractivity contribution in [3.05, 3.63) is 45.5 Å². The van der Waals surface area contributed by atoms with Crippen LogP contribution in [0.1, 0.15) is 12.0 Å². The third-order valence-electron chi connectivity index (χ3n) is 3.30. The zero-order chi connectivity index (χ0) is 15.5. The summed E-state index contributed by atoms with van der Waals surface area (Å²) in [5, 5.41) is 14.2. The fraction of sp³-hybridized carbons (Fsp3) is 0.385. The van der Waals surface area contributed by atoms with Crippen molar-refractivity contribution in [2.75, 3.05) is 19.6 Å². The van der Waals surface area contributed by atoms with E-state index in [1.165, 1.54) is 12.1 Å². The largest absolute Gasteiger partial charge is 0.313 e. The van der Waals surface area contributed by atoms with E-state index in [1.807, 2.05) is 6.08 Å². The van der Waals surface area contributed by atoms with Crippen LogP contribution in [-0.4, -0.2) is 33.0 Å². The molecule has 1 aliphatic rings. The van der Waals surface area contributed by atoms with Gasteiger partial charge in [-0.3, -0.25) is 10.1 Å². The first kappa shape index (κ1) is 18.6. The second-order valence-corrected chi connectivity index (χ2v) is 6.53. The number of sulfonamides is 1. The van der Waals surface area contributed by atoms with Gasteiger partial charge in [0.15, 0.2) is 4.90 Å². The number of halogens is 1. The van der Waals surface area contributed by atoms with Crippen LogP contribution in [0.15, 0.2) is 34.7 Å². The molecule has 0 bridgehead atoms. The van der Waals surface area contributed by atoms with E-state index in [4.69, 9.17) is 0 Å². The van der Waals surface area contributed by atoms with Gasteiger partial charge in [-0.2, -0.15) is 0 Å². The van der Waals surface area contributed by atoms with Gasteiger partial charge in [0.1, 0.15) is 0 Å². The molecule has 2 rings (SSSR count). The number of nitro benzene ring substituents is 1. The molecular formula is C13H18ClN3O4S. The second kappa shape index (κ2) is 7.68. The molecule has 22 heavy (non-hydrogen) atoms. The summed E-state index contributed by atoms with van der Waals surface area (Å²) in [6, 6.07) is 4.22. The summed E-state index contributed by atoms with van der Waals surface area (Å²) >= 11 is 0. The van der Waals surface area contributed by atoms with Crippen molar-refractivity contribution in [2.45, 2.75) is 18.2 Å². The standard InChI is InChI=1S/C13H17N3O4S.ClH/c1-10-3-2-4-12(16(17)18)13(10)21(19,20)15-9-11-5-7-14-8-6-11;/h2-5,14-15H,6-9H2,1H3;1H. The molecule has 0 fully saturated rings. The van der Waals surface area contributed by atoms with Crippen LogP contribution in [0.3, 0.4) is 0 Å². The Bertz CT molecular complexity index is 689. The van der Waals surface area contributed by atoms with Crippen molar-refractivity contribution in [2.24, 2.45) is 0 Å². The van der Waals surface area contributed by atoms with Gasteiger partial charge in [0, 0.05) is 19.2 Å². The maximum atomic E-state index is 12.4. The average molecular weight is 348 g/mol. The van der Waals surface area contributed by atoms with E-state index < -0.39 is 20.6 Å². The molecule has 0 saturated heterocycles. The Labute approximate surface area is 135 Å². The second-order valence-electron chi connectivity index (χ2n) is 4.82. The van der Waals surface area contributed by atoms with Crippen LogP contribution in [0.5, 0.6) is 0 Å². The first-order chi connectivity index (χ1) is 9.92. The molecule has 1 aromatic rings. The van der Waals surface area contributed by atoms with Crippen LogP contribution in [0.4, 0.5) is 5.69 Å². The van der Waals surface area contributed by atoms with Gasteiger partial charge in [-0.15, -0.1) is 12.4 Å². The lowest BCUT2D eigenvalue weighted by atomic mass is 10.1. The summed E-state index contributed by atoms with van der Waals surface area (Å²) in [5.74, 6) is 0. The van der Waals surface area contributed by atoms with E-state index in [0.717, 1.165) is 18.5 Å². The topological polar surface area (TPSA) is 101 Å². The molecule has 1 aliphatic heterocycles. The lowest BCUT2D eigenvalue weighted by Crippen LogP contribution is -2.30. The Kier molecular flexibility index (Phi) is 6.48. The summed E-state index contributed by atoms with van der Waals surface area (Å²) in [7, 11) is -3.92. The Morgan fingerprint density at radius 2 is 2.14 bits per heavy atom. The third-order valence-corrected chi connectivity index (χ3v) is 4.90. The fourth-order valence-electron chi connectivity index (χ4n) is 2.22. The van der Waals surface area contributed by atoms with Crippen molar-refractivity contribution < 1.29 is 13.3 Å². The normalized spacial score (nSPS) is 14.9. The van der Waals surface area contributed by atoms with Crippen LogP contribution in [0.2, 0.25) is 0 Å². The van der Waals surface area contributed by atoms with Gasteiger partial charge in [0.2, 0.25) is 10.0 Å². The number of hydrogen-bond acceptors (Lipinski definition) is 5. The Morgan fingerprint density at radius 3 is 2.73 bits per heavy atom. The molecule has 0 saturated carbocycles. The van der Waals surface area contributed by atoms with Crippen molar-refractivity contribution in [1.29, 1.82) is 0 Å². The minimum Gasteiger partial charge on any atom is -0.313 e. The monoisotopic (exact) mass is 347 g/mol. The highest BCUT2D eigenvalue weighted by Crippen LogP contribution is 2.26. The van der Waals surface area contributed by atoms with Crippen molar-refractivity contribution in [3.8, 4) is 0 Å². The fourth-order valence-corrected chi connectivity index (χ4v) is 3.65. The molecule has 0 spiro atoms. The smallest absolute Gasteiger partial charge is 0.289 e. The first-order valence-electron chi connectivity index (χ1n) is 6.54. The first-order valence-corrected chi connectivity index (χ1v) is 8.02. The lowest BCUT2D eigenvalue weighted by Gasteiger charge is -2.15. The average Bonchev–Trinajstić information content (AvgIpc) is 2.46. The molecule has 9 heteroatoms. The number of aryl methyl sites for hydroxylation is 1. The molecule has 0 aromatic heterocycles. The molecule has 0 atom stereocenters. The maximum absolute atomic E-state index is 12.4. The molecule has 1 aromatic carbocycles.